The van der Waals surface area contributed by atoms with Gasteiger partial charge in [-0.3, -0.25) is 4.90 Å². The lowest BCUT2D eigenvalue weighted by Gasteiger charge is -2.32. The van der Waals surface area contributed by atoms with Gasteiger partial charge in [0.25, 0.3) is 0 Å². The van der Waals surface area contributed by atoms with Crippen molar-refractivity contribution in [3.8, 4) is 0 Å². The quantitative estimate of drug-likeness (QED) is 0.608. The average Bonchev–Trinajstić information content (AvgIpc) is 2.03. The van der Waals surface area contributed by atoms with E-state index in [0.29, 0.717) is 0 Å². The van der Waals surface area contributed by atoms with Gasteiger partial charge < -0.3 is 0 Å². The minimum atomic E-state index is 0.763. The molecule has 1 nitrogen and oxygen atoms in total. The molecule has 2 heteroatoms. The molecule has 1 atom stereocenters. The molecule has 0 aliphatic carbocycles. The van der Waals surface area contributed by atoms with Crippen LogP contribution < -0.4 is 0 Å². The van der Waals surface area contributed by atoms with Crippen LogP contribution in [0.1, 0.15) is 20.8 Å². The first-order chi connectivity index (χ1) is 5.70. The van der Waals surface area contributed by atoms with Crippen LogP contribution in [0.3, 0.4) is 0 Å². The smallest absolute Gasteiger partial charge is 0.0169 e. The fourth-order valence-electron chi connectivity index (χ4n) is 1.33. The van der Waals surface area contributed by atoms with Crippen LogP contribution >= 0.6 is 11.8 Å². The number of rotatable bonds is 2. The van der Waals surface area contributed by atoms with Gasteiger partial charge in [-0.05, 0) is 20.8 Å². The summed E-state index contributed by atoms with van der Waals surface area (Å²) in [7, 11) is 0. The molecule has 0 radical (unpaired) electrons. The van der Waals surface area contributed by atoms with E-state index < -0.39 is 0 Å². The molecule has 1 aliphatic heterocycles. The van der Waals surface area contributed by atoms with E-state index >= 15 is 0 Å². The largest absolute Gasteiger partial charge is 0.295 e. The third-order valence-corrected chi connectivity index (χ3v) is 3.43. The van der Waals surface area contributed by atoms with E-state index in [9.17, 15) is 0 Å². The zero-order chi connectivity index (χ0) is 8.97. The lowest BCUT2D eigenvalue weighted by Crippen LogP contribution is -2.40. The molecule has 1 aliphatic rings. The molecule has 0 spiro atoms. The second-order valence-corrected chi connectivity index (χ2v) is 4.85. The van der Waals surface area contributed by atoms with Crippen molar-refractivity contribution in [2.75, 3.05) is 24.6 Å². The van der Waals surface area contributed by atoms with Gasteiger partial charge in [0.2, 0.25) is 0 Å². The first kappa shape index (κ1) is 10.1. The lowest BCUT2D eigenvalue weighted by molar-refractivity contribution is 0.258. The molecule has 0 aromatic heterocycles. The van der Waals surface area contributed by atoms with Gasteiger partial charge in [0.05, 0.1) is 0 Å². The number of thioether (sulfide) groups is 1. The summed E-state index contributed by atoms with van der Waals surface area (Å²) < 4.78 is 0. The van der Waals surface area contributed by atoms with E-state index in [-0.39, 0.29) is 0 Å². The molecule has 1 saturated heterocycles. The van der Waals surface area contributed by atoms with E-state index in [4.69, 9.17) is 0 Å². The Morgan fingerprint density at radius 3 is 2.92 bits per heavy atom. The zero-order valence-corrected chi connectivity index (χ0v) is 9.16. The first-order valence-electron chi connectivity index (χ1n) is 4.65. The van der Waals surface area contributed by atoms with Crippen molar-refractivity contribution in [3.63, 3.8) is 0 Å². The molecule has 1 fully saturated rings. The molecule has 0 saturated carbocycles. The van der Waals surface area contributed by atoms with Gasteiger partial charge in [-0.1, -0.05) is 11.6 Å². The Bertz CT molecular complexity index is 161. The Balaban J connectivity index is 2.34. The third-order valence-electron chi connectivity index (χ3n) is 2.24. The second-order valence-electron chi connectivity index (χ2n) is 3.70. The predicted molar refractivity (Wildman–Crippen MR) is 57.8 cm³/mol. The molecular weight excluding hydrogens is 166 g/mol. The molecule has 70 valence electrons. The van der Waals surface area contributed by atoms with Crippen LogP contribution in [0.15, 0.2) is 11.6 Å². The van der Waals surface area contributed by atoms with Crippen LogP contribution in [-0.4, -0.2) is 35.5 Å². The van der Waals surface area contributed by atoms with E-state index in [1.807, 2.05) is 0 Å². The van der Waals surface area contributed by atoms with Crippen molar-refractivity contribution in [1.29, 1.82) is 0 Å². The predicted octanol–water partition coefficient (Wildman–Crippen LogP) is 2.39. The average molecular weight is 185 g/mol. The van der Waals surface area contributed by atoms with Gasteiger partial charge in [-0.2, -0.15) is 11.8 Å². The topological polar surface area (TPSA) is 3.24 Å². The molecule has 0 aromatic rings. The molecule has 0 amide bonds. The van der Waals surface area contributed by atoms with Gasteiger partial charge in [-0.25, -0.2) is 0 Å². The van der Waals surface area contributed by atoms with E-state index in [0.717, 1.165) is 12.6 Å². The zero-order valence-electron chi connectivity index (χ0n) is 8.34. The minimum absolute atomic E-state index is 0.763. The van der Waals surface area contributed by atoms with E-state index in [1.54, 1.807) is 0 Å². The summed E-state index contributed by atoms with van der Waals surface area (Å²) in [6.45, 7) is 9.07. The number of allylic oxidation sites excluding steroid dienone is 1. The van der Waals surface area contributed by atoms with Crippen molar-refractivity contribution in [1.82, 2.24) is 4.90 Å². The Morgan fingerprint density at radius 1 is 1.58 bits per heavy atom. The van der Waals surface area contributed by atoms with Crippen LogP contribution in [0, 0.1) is 0 Å². The maximum Gasteiger partial charge on any atom is 0.0169 e. The maximum atomic E-state index is 2.56. The molecule has 0 N–H and O–H groups in total. The van der Waals surface area contributed by atoms with E-state index in [1.165, 1.54) is 23.6 Å². The highest BCUT2D eigenvalue weighted by Gasteiger charge is 2.16. The summed E-state index contributed by atoms with van der Waals surface area (Å²) in [5.41, 5.74) is 1.43. The highest BCUT2D eigenvalue weighted by molar-refractivity contribution is 7.99. The Morgan fingerprint density at radius 2 is 2.33 bits per heavy atom. The second kappa shape index (κ2) is 4.93. The molecule has 0 bridgehead atoms. The van der Waals surface area contributed by atoms with Crippen LogP contribution in [0.25, 0.3) is 0 Å². The van der Waals surface area contributed by atoms with Crippen molar-refractivity contribution in [2.24, 2.45) is 0 Å². The third kappa shape index (κ3) is 3.20. The maximum absolute atomic E-state index is 2.56. The van der Waals surface area contributed by atoms with Crippen LogP contribution in [0.5, 0.6) is 0 Å². The van der Waals surface area contributed by atoms with Gasteiger partial charge in [0.1, 0.15) is 0 Å². The highest BCUT2D eigenvalue weighted by Crippen LogP contribution is 2.15. The molecule has 0 aromatic carbocycles. The van der Waals surface area contributed by atoms with E-state index in [2.05, 4.69) is 43.5 Å². The Kier molecular flexibility index (Phi) is 4.16. The summed E-state index contributed by atoms with van der Waals surface area (Å²) in [6.07, 6.45) is 2.33. The summed E-state index contributed by atoms with van der Waals surface area (Å²) in [6, 6.07) is 0.763. The van der Waals surface area contributed by atoms with Gasteiger partial charge >= 0.3 is 0 Å². The minimum Gasteiger partial charge on any atom is -0.295 e. The Labute approximate surface area is 80.2 Å². The molecular formula is C10H19NS. The molecule has 12 heavy (non-hydrogen) atoms. The first-order valence-corrected chi connectivity index (χ1v) is 5.81. The van der Waals surface area contributed by atoms with Crippen molar-refractivity contribution < 1.29 is 0 Å². The summed E-state index contributed by atoms with van der Waals surface area (Å²) in [5, 5.41) is 0. The highest BCUT2D eigenvalue weighted by atomic mass is 32.2. The van der Waals surface area contributed by atoms with Gasteiger partial charge in [0.15, 0.2) is 0 Å². The SMILES string of the molecule is CC(C)=CCN1CCSCC1C. The summed E-state index contributed by atoms with van der Waals surface area (Å²) in [4.78, 5) is 2.56. The Hall–Kier alpha value is 0.0500. The number of hydrogen-bond acceptors (Lipinski definition) is 2. The summed E-state index contributed by atoms with van der Waals surface area (Å²) >= 11 is 2.08. The number of hydrogen-bond donors (Lipinski definition) is 0. The molecule has 1 unspecified atom stereocenters. The normalized spacial score (nSPS) is 25.4. The molecule has 1 heterocycles. The van der Waals surface area contributed by atoms with Gasteiger partial charge in [-0.15, -0.1) is 0 Å². The fraction of sp³-hybridized carbons (Fsp3) is 0.800. The monoisotopic (exact) mass is 185 g/mol. The standard InChI is InChI=1S/C10H19NS/c1-9(2)4-5-11-6-7-12-8-10(11)3/h4,10H,5-8H2,1-3H3. The van der Waals surface area contributed by atoms with Gasteiger partial charge in [0, 0.05) is 30.6 Å². The molecule has 1 rings (SSSR count). The van der Waals surface area contributed by atoms with Crippen molar-refractivity contribution in [3.05, 3.63) is 11.6 Å². The van der Waals surface area contributed by atoms with Crippen LogP contribution in [0.2, 0.25) is 0 Å². The lowest BCUT2D eigenvalue weighted by atomic mass is 10.2. The number of nitrogens with zero attached hydrogens (tertiary/aromatic N) is 1. The van der Waals surface area contributed by atoms with Crippen LogP contribution in [-0.2, 0) is 0 Å². The fourth-order valence-corrected chi connectivity index (χ4v) is 2.41. The van der Waals surface area contributed by atoms with Crippen molar-refractivity contribution >= 4 is 11.8 Å². The van der Waals surface area contributed by atoms with Crippen molar-refractivity contribution in [2.45, 2.75) is 26.8 Å². The van der Waals surface area contributed by atoms with Crippen LogP contribution in [0.4, 0.5) is 0 Å². The summed E-state index contributed by atoms with van der Waals surface area (Å²) in [5.74, 6) is 2.61.